The van der Waals surface area contributed by atoms with Crippen LogP contribution < -0.4 is 5.32 Å². The van der Waals surface area contributed by atoms with Crippen LogP contribution in [0.25, 0.3) is 0 Å². The molecule has 1 fully saturated rings. The average molecular weight is 474 g/mol. The molecule has 0 spiro atoms. The Kier molecular flexibility index (Phi) is 7.48. The molecule has 0 radical (unpaired) electrons. The molecule has 0 aromatic heterocycles. The summed E-state index contributed by atoms with van der Waals surface area (Å²) in [5, 5.41) is 19.4. The number of carbonyl (C=O) groups is 4. The predicted molar refractivity (Wildman–Crippen MR) is 118 cm³/mol. The number of nitrogens with one attached hydrogen (secondary N) is 2. The summed E-state index contributed by atoms with van der Waals surface area (Å²) in [6.07, 6.45) is 0.556. The zero-order valence-corrected chi connectivity index (χ0v) is 19.1. The van der Waals surface area contributed by atoms with Crippen LogP contribution in [0.5, 0.6) is 0 Å². The van der Waals surface area contributed by atoms with Gasteiger partial charge in [0, 0.05) is 18.9 Å². The maximum Gasteiger partial charge on any atom is 0.428 e. The van der Waals surface area contributed by atoms with Gasteiger partial charge >= 0.3 is 23.9 Å². The third kappa shape index (κ3) is 5.49. The SMILES string of the molecule is CC(C)CC(=O)OC[C@@H]1C[C@@H](OC(=O)c2ccccc2C(=O)O)[C@H]([N+]2(C)C=CC(=N)NC2=O)O1. The summed E-state index contributed by atoms with van der Waals surface area (Å²) >= 11 is 0. The molecule has 2 aliphatic rings. The highest BCUT2D eigenvalue weighted by Gasteiger charge is 2.54. The predicted octanol–water partition coefficient (Wildman–Crippen LogP) is 2.28. The van der Waals surface area contributed by atoms with Gasteiger partial charge in [-0.05, 0) is 18.1 Å². The second-order valence-corrected chi connectivity index (χ2v) is 8.77. The fourth-order valence-electron chi connectivity index (χ4n) is 3.80. The molecule has 0 aliphatic carbocycles. The van der Waals surface area contributed by atoms with Gasteiger partial charge in [-0.2, -0.15) is 4.48 Å². The van der Waals surface area contributed by atoms with Crippen molar-refractivity contribution in [1.29, 1.82) is 5.41 Å². The molecule has 2 amide bonds. The van der Waals surface area contributed by atoms with E-state index in [4.69, 9.17) is 19.6 Å². The number of carbonyl (C=O) groups excluding carboxylic acids is 3. The number of amidine groups is 1. The van der Waals surface area contributed by atoms with Gasteiger partial charge in [0.1, 0.15) is 24.7 Å². The summed E-state index contributed by atoms with van der Waals surface area (Å²) in [5.41, 5.74) is -0.352. The van der Waals surface area contributed by atoms with Crippen LogP contribution >= 0.6 is 0 Å². The number of hydrogen-bond acceptors (Lipinski definition) is 8. The number of carboxylic acid groups (broad SMARTS) is 1. The molecule has 0 saturated carbocycles. The van der Waals surface area contributed by atoms with Crippen LogP contribution in [0.15, 0.2) is 36.5 Å². The lowest BCUT2D eigenvalue weighted by atomic mass is 10.1. The number of benzene rings is 1. The van der Waals surface area contributed by atoms with Crippen molar-refractivity contribution in [3.8, 4) is 0 Å². The summed E-state index contributed by atoms with van der Waals surface area (Å²) in [6.45, 7) is 3.68. The van der Waals surface area contributed by atoms with Crippen molar-refractivity contribution in [2.75, 3.05) is 13.7 Å². The van der Waals surface area contributed by atoms with Gasteiger partial charge in [-0.25, -0.2) is 14.4 Å². The van der Waals surface area contributed by atoms with Gasteiger partial charge in [0.25, 0.3) is 0 Å². The Morgan fingerprint density at radius 1 is 1.26 bits per heavy atom. The molecule has 0 bridgehead atoms. The molecule has 1 aromatic carbocycles. The number of rotatable bonds is 8. The van der Waals surface area contributed by atoms with Gasteiger partial charge in [-0.15, -0.1) is 0 Å². The molecule has 11 heteroatoms. The fourth-order valence-corrected chi connectivity index (χ4v) is 3.80. The number of esters is 2. The van der Waals surface area contributed by atoms with Gasteiger partial charge in [0.2, 0.25) is 6.23 Å². The maximum absolute atomic E-state index is 12.9. The monoisotopic (exact) mass is 474 g/mol. The maximum atomic E-state index is 12.9. The summed E-state index contributed by atoms with van der Waals surface area (Å²) in [5.74, 6) is -2.53. The summed E-state index contributed by atoms with van der Waals surface area (Å²) in [6, 6.07) is 5.07. The molecule has 2 aliphatic heterocycles. The van der Waals surface area contributed by atoms with E-state index in [2.05, 4.69) is 5.32 Å². The smallest absolute Gasteiger partial charge is 0.428 e. The van der Waals surface area contributed by atoms with Crippen molar-refractivity contribution in [2.24, 2.45) is 5.92 Å². The highest BCUT2D eigenvalue weighted by Crippen LogP contribution is 2.33. The molecule has 1 unspecified atom stereocenters. The van der Waals surface area contributed by atoms with Crippen LogP contribution in [0.4, 0.5) is 4.79 Å². The van der Waals surface area contributed by atoms with Crippen LogP contribution in [0.1, 0.15) is 47.4 Å². The molecule has 3 N–H and O–H groups in total. The van der Waals surface area contributed by atoms with Crippen LogP contribution in [0.2, 0.25) is 0 Å². The Balaban J connectivity index is 1.83. The molecular weight excluding hydrogens is 446 g/mol. The second-order valence-electron chi connectivity index (χ2n) is 8.77. The molecular formula is C23H28N3O8+. The number of carboxylic acids is 1. The van der Waals surface area contributed by atoms with Crippen LogP contribution in [0, 0.1) is 11.3 Å². The van der Waals surface area contributed by atoms with Crippen molar-refractivity contribution in [3.63, 3.8) is 0 Å². The first kappa shape index (κ1) is 25.1. The zero-order valence-electron chi connectivity index (χ0n) is 19.1. The lowest BCUT2D eigenvalue weighted by Crippen LogP contribution is -2.62. The second kappa shape index (κ2) is 10.1. The Morgan fingerprint density at radius 2 is 1.94 bits per heavy atom. The van der Waals surface area contributed by atoms with E-state index in [1.54, 1.807) is 0 Å². The minimum Gasteiger partial charge on any atom is -0.478 e. The highest BCUT2D eigenvalue weighted by molar-refractivity contribution is 6.03. The van der Waals surface area contributed by atoms with Crippen LogP contribution in [-0.4, -0.2) is 71.5 Å². The number of aromatic carboxylic acids is 1. The first-order valence-corrected chi connectivity index (χ1v) is 10.8. The number of hydrogen-bond donors (Lipinski definition) is 3. The number of likely N-dealkylation sites (N-methyl/N-ethyl adjacent to an activating group) is 1. The van der Waals surface area contributed by atoms with Gasteiger partial charge in [-0.3, -0.25) is 15.5 Å². The van der Waals surface area contributed by atoms with Crippen molar-refractivity contribution in [3.05, 3.63) is 47.7 Å². The third-order valence-electron chi connectivity index (χ3n) is 5.54. The summed E-state index contributed by atoms with van der Waals surface area (Å²) in [7, 11) is 1.53. The molecule has 4 atom stereocenters. The fraction of sp³-hybridized carbons (Fsp3) is 0.435. The van der Waals surface area contributed by atoms with Gasteiger partial charge < -0.3 is 19.3 Å². The average Bonchev–Trinajstić information content (AvgIpc) is 3.18. The first-order chi connectivity index (χ1) is 16.0. The van der Waals surface area contributed by atoms with E-state index in [1.165, 1.54) is 43.6 Å². The molecule has 1 aromatic rings. The lowest BCUT2D eigenvalue weighted by Gasteiger charge is -2.36. The van der Waals surface area contributed by atoms with Crippen LogP contribution in [0.3, 0.4) is 0 Å². The number of ether oxygens (including phenoxy) is 3. The molecule has 2 heterocycles. The minimum absolute atomic E-state index is 0.0943. The van der Waals surface area contributed by atoms with E-state index < -0.39 is 46.9 Å². The van der Waals surface area contributed by atoms with E-state index in [0.717, 1.165) is 0 Å². The molecule has 3 rings (SSSR count). The van der Waals surface area contributed by atoms with E-state index in [0.29, 0.717) is 0 Å². The molecule has 11 nitrogen and oxygen atoms in total. The molecule has 182 valence electrons. The quantitative estimate of drug-likeness (QED) is 0.383. The Hall–Kier alpha value is -3.57. The Morgan fingerprint density at radius 3 is 2.56 bits per heavy atom. The van der Waals surface area contributed by atoms with Crippen molar-refractivity contribution in [2.45, 2.75) is 45.1 Å². The lowest BCUT2D eigenvalue weighted by molar-refractivity contribution is -0.835. The van der Waals surface area contributed by atoms with Crippen molar-refractivity contribution in [1.82, 2.24) is 5.32 Å². The topological polar surface area (TPSA) is 152 Å². The summed E-state index contributed by atoms with van der Waals surface area (Å²) < 4.78 is 16.5. The number of quaternary nitrogens is 1. The Labute approximate surface area is 196 Å². The van der Waals surface area contributed by atoms with Crippen molar-refractivity contribution < 1.29 is 43.0 Å². The number of nitrogens with zero attached hydrogens (tertiary/aromatic N) is 1. The highest BCUT2D eigenvalue weighted by atomic mass is 16.6. The Bertz CT molecular complexity index is 1040. The normalized spacial score (nSPS) is 26.3. The first-order valence-electron chi connectivity index (χ1n) is 10.8. The number of amides is 2. The van der Waals surface area contributed by atoms with Gasteiger partial charge in [0.15, 0.2) is 6.10 Å². The standard InChI is InChI=1S/C23H27N3O8/c1-13(2)10-19(27)32-12-14-11-17(20(33-14)26(3)9-8-18(24)25-23(26)31)34-22(30)16-7-5-4-6-15(16)21(28)29/h4-9,13-14,17,20H,10-12H2,1-3H3,(H2-,24,25,28,29,31)/p+1/t14-,17+,20+,26?/m0/s1. The van der Waals surface area contributed by atoms with E-state index >= 15 is 0 Å². The zero-order chi connectivity index (χ0) is 25.0. The van der Waals surface area contributed by atoms with Crippen molar-refractivity contribution >= 4 is 29.8 Å². The van der Waals surface area contributed by atoms with E-state index in [-0.39, 0.29) is 42.3 Å². The van der Waals surface area contributed by atoms with Gasteiger partial charge in [0.05, 0.1) is 18.2 Å². The number of urea groups is 1. The molecule has 34 heavy (non-hydrogen) atoms. The minimum atomic E-state index is -1.28. The molecule has 1 saturated heterocycles. The van der Waals surface area contributed by atoms with Crippen LogP contribution in [-0.2, 0) is 19.0 Å². The van der Waals surface area contributed by atoms with E-state index in [9.17, 15) is 24.3 Å². The van der Waals surface area contributed by atoms with Gasteiger partial charge in [-0.1, -0.05) is 26.0 Å². The largest absolute Gasteiger partial charge is 0.478 e. The summed E-state index contributed by atoms with van der Waals surface area (Å²) in [4.78, 5) is 49.1. The van der Waals surface area contributed by atoms with E-state index in [1.807, 2.05) is 13.8 Å². The third-order valence-corrected chi connectivity index (χ3v) is 5.54.